The summed E-state index contributed by atoms with van der Waals surface area (Å²) in [6.07, 6.45) is 3.68. The van der Waals surface area contributed by atoms with E-state index in [-0.39, 0.29) is 0 Å². The van der Waals surface area contributed by atoms with Crippen LogP contribution in [0.15, 0.2) is 18.3 Å². The predicted octanol–water partition coefficient (Wildman–Crippen LogP) is 1.22. The van der Waals surface area contributed by atoms with E-state index >= 15 is 0 Å². The van der Waals surface area contributed by atoms with Crippen LogP contribution in [0.3, 0.4) is 0 Å². The van der Waals surface area contributed by atoms with Gasteiger partial charge in [-0.2, -0.15) is 0 Å². The highest BCUT2D eigenvalue weighted by molar-refractivity contribution is 5.38. The molecule has 0 bridgehead atoms. The Hall–Kier alpha value is -1.13. The number of hydrogen-bond donors (Lipinski definition) is 2. The maximum atomic E-state index is 5.81. The molecule has 1 aromatic rings. The molecule has 0 aliphatic carbocycles. The monoisotopic (exact) mass is 223 g/mol. The van der Waals surface area contributed by atoms with Gasteiger partial charge in [0, 0.05) is 19.3 Å². The minimum absolute atomic E-state index is 0.302. The smallest absolute Gasteiger partial charge is 0.126 e. The van der Waals surface area contributed by atoms with Gasteiger partial charge in [-0.3, -0.25) is 0 Å². The quantitative estimate of drug-likeness (QED) is 0.729. The number of methoxy groups -OCH3 is 1. The van der Waals surface area contributed by atoms with Gasteiger partial charge in [-0.15, -0.1) is 0 Å². The van der Waals surface area contributed by atoms with E-state index in [1.54, 1.807) is 13.3 Å². The van der Waals surface area contributed by atoms with Crippen molar-refractivity contribution in [1.82, 2.24) is 10.3 Å². The van der Waals surface area contributed by atoms with Gasteiger partial charge in [0.2, 0.25) is 0 Å². The van der Waals surface area contributed by atoms with Gasteiger partial charge < -0.3 is 15.8 Å². The summed E-state index contributed by atoms with van der Waals surface area (Å²) in [7, 11) is 1.72. The van der Waals surface area contributed by atoms with Gasteiger partial charge in [-0.25, -0.2) is 4.98 Å². The molecule has 0 saturated carbocycles. The van der Waals surface area contributed by atoms with Gasteiger partial charge in [0.05, 0.1) is 6.61 Å². The molecule has 0 aliphatic rings. The van der Waals surface area contributed by atoms with Gasteiger partial charge in [-0.05, 0) is 31.0 Å². The highest BCUT2D eigenvalue weighted by Crippen LogP contribution is 2.10. The van der Waals surface area contributed by atoms with Gasteiger partial charge >= 0.3 is 0 Å². The molecule has 1 unspecified atom stereocenters. The van der Waals surface area contributed by atoms with Crippen LogP contribution >= 0.6 is 0 Å². The van der Waals surface area contributed by atoms with Crippen LogP contribution in [0.4, 0.5) is 5.82 Å². The Morgan fingerprint density at radius 2 is 2.38 bits per heavy atom. The summed E-state index contributed by atoms with van der Waals surface area (Å²) in [5.41, 5.74) is 6.89. The van der Waals surface area contributed by atoms with Crippen molar-refractivity contribution in [2.45, 2.75) is 25.8 Å². The van der Waals surface area contributed by atoms with Crippen molar-refractivity contribution in [3.05, 3.63) is 23.9 Å². The van der Waals surface area contributed by atoms with Crippen molar-refractivity contribution in [2.75, 3.05) is 26.0 Å². The van der Waals surface area contributed by atoms with E-state index in [9.17, 15) is 0 Å². The lowest BCUT2D eigenvalue weighted by Gasteiger charge is -2.18. The van der Waals surface area contributed by atoms with Crippen LogP contribution in [0.2, 0.25) is 0 Å². The first-order valence-electron chi connectivity index (χ1n) is 5.69. The summed E-state index contributed by atoms with van der Waals surface area (Å²) >= 11 is 0. The first-order valence-corrected chi connectivity index (χ1v) is 5.69. The fourth-order valence-corrected chi connectivity index (χ4v) is 1.63. The molecule has 0 aromatic carbocycles. The highest BCUT2D eigenvalue weighted by atomic mass is 16.5. The second-order valence-corrected chi connectivity index (χ2v) is 3.86. The van der Waals surface area contributed by atoms with E-state index in [1.807, 2.05) is 12.1 Å². The van der Waals surface area contributed by atoms with Crippen molar-refractivity contribution >= 4 is 5.82 Å². The lowest BCUT2D eigenvalue weighted by Crippen LogP contribution is -2.35. The average molecular weight is 223 g/mol. The molecule has 4 nitrogen and oxygen atoms in total. The normalized spacial score (nSPS) is 12.6. The zero-order chi connectivity index (χ0) is 11.8. The van der Waals surface area contributed by atoms with Gasteiger partial charge in [0.25, 0.3) is 0 Å². The summed E-state index contributed by atoms with van der Waals surface area (Å²) in [5.74, 6) is 0.613. The van der Waals surface area contributed by atoms with E-state index in [2.05, 4.69) is 17.2 Å². The van der Waals surface area contributed by atoms with Crippen molar-refractivity contribution < 1.29 is 4.74 Å². The fourth-order valence-electron chi connectivity index (χ4n) is 1.63. The lowest BCUT2D eigenvalue weighted by molar-refractivity contribution is 0.166. The van der Waals surface area contributed by atoms with E-state index in [1.165, 1.54) is 0 Å². The Balaban J connectivity index is 2.56. The van der Waals surface area contributed by atoms with Crippen molar-refractivity contribution in [2.24, 2.45) is 0 Å². The molecule has 0 spiro atoms. The van der Waals surface area contributed by atoms with E-state index < -0.39 is 0 Å². The number of nitrogens with one attached hydrogen (secondary N) is 1. The van der Waals surface area contributed by atoms with Crippen LogP contribution in [0, 0.1) is 0 Å². The highest BCUT2D eigenvalue weighted by Gasteiger charge is 2.10. The summed E-state index contributed by atoms with van der Waals surface area (Å²) in [4.78, 5) is 4.08. The third-order valence-corrected chi connectivity index (χ3v) is 2.44. The van der Waals surface area contributed by atoms with E-state index in [0.29, 0.717) is 18.5 Å². The molecule has 0 saturated heterocycles. The first kappa shape index (κ1) is 12.9. The van der Waals surface area contributed by atoms with Crippen LogP contribution in [0.25, 0.3) is 0 Å². The molecular formula is C12H21N3O. The Bertz CT molecular complexity index is 304. The molecule has 1 aromatic heterocycles. The number of nitrogens with two attached hydrogens (primary N) is 1. The Kier molecular flexibility index (Phi) is 5.82. The second-order valence-electron chi connectivity index (χ2n) is 3.86. The third-order valence-electron chi connectivity index (χ3n) is 2.44. The number of hydrogen-bond acceptors (Lipinski definition) is 4. The lowest BCUT2D eigenvalue weighted by atomic mass is 10.1. The van der Waals surface area contributed by atoms with Crippen LogP contribution in [0.5, 0.6) is 0 Å². The number of nitrogen functional groups attached to an aromatic ring is 1. The molecule has 1 heterocycles. The van der Waals surface area contributed by atoms with Gasteiger partial charge in [0.15, 0.2) is 0 Å². The van der Waals surface area contributed by atoms with Crippen LogP contribution in [-0.2, 0) is 11.2 Å². The maximum Gasteiger partial charge on any atom is 0.126 e. The molecule has 0 aliphatic heterocycles. The average Bonchev–Trinajstić information content (AvgIpc) is 2.29. The zero-order valence-electron chi connectivity index (χ0n) is 10.1. The fraction of sp³-hybridized carbons (Fsp3) is 0.583. The Morgan fingerprint density at radius 3 is 3.00 bits per heavy atom. The van der Waals surface area contributed by atoms with Crippen molar-refractivity contribution in [3.8, 4) is 0 Å². The summed E-state index contributed by atoms with van der Waals surface area (Å²) < 4.78 is 5.19. The Labute approximate surface area is 97.2 Å². The number of anilines is 1. The standard InChI is InChI=1S/C12H21N3O/c1-3-6-14-11(9-16-2)8-10-5-4-7-15-12(10)13/h4-5,7,11,14H,3,6,8-9H2,1-2H3,(H2,13,15). The second kappa shape index (κ2) is 7.19. The van der Waals surface area contributed by atoms with Crippen LogP contribution < -0.4 is 11.1 Å². The largest absolute Gasteiger partial charge is 0.383 e. The predicted molar refractivity (Wildman–Crippen MR) is 66.3 cm³/mol. The van der Waals surface area contributed by atoms with E-state index in [4.69, 9.17) is 10.5 Å². The molecule has 3 N–H and O–H groups in total. The number of aromatic nitrogens is 1. The molecule has 0 radical (unpaired) electrons. The topological polar surface area (TPSA) is 60.2 Å². The molecular weight excluding hydrogens is 202 g/mol. The molecule has 16 heavy (non-hydrogen) atoms. The first-order chi connectivity index (χ1) is 7.77. The molecule has 4 heteroatoms. The number of pyridine rings is 1. The number of rotatable bonds is 7. The number of nitrogens with zero attached hydrogens (tertiary/aromatic N) is 1. The summed E-state index contributed by atoms with van der Waals surface area (Å²) in [5, 5.41) is 3.44. The molecule has 0 fully saturated rings. The molecule has 0 amide bonds. The summed E-state index contributed by atoms with van der Waals surface area (Å²) in [6.45, 7) is 3.83. The third kappa shape index (κ3) is 4.16. The van der Waals surface area contributed by atoms with Crippen LogP contribution in [0.1, 0.15) is 18.9 Å². The van der Waals surface area contributed by atoms with Gasteiger partial charge in [-0.1, -0.05) is 13.0 Å². The van der Waals surface area contributed by atoms with Crippen molar-refractivity contribution in [1.29, 1.82) is 0 Å². The van der Waals surface area contributed by atoms with Crippen LogP contribution in [-0.4, -0.2) is 31.3 Å². The SMILES string of the molecule is CCCNC(COC)Cc1cccnc1N. The minimum Gasteiger partial charge on any atom is -0.383 e. The minimum atomic E-state index is 0.302. The number of ether oxygens (including phenoxy) is 1. The van der Waals surface area contributed by atoms with E-state index in [0.717, 1.165) is 24.9 Å². The van der Waals surface area contributed by atoms with Crippen molar-refractivity contribution in [3.63, 3.8) is 0 Å². The maximum absolute atomic E-state index is 5.81. The molecule has 1 atom stereocenters. The van der Waals surface area contributed by atoms with Gasteiger partial charge in [0.1, 0.15) is 5.82 Å². The molecule has 1 rings (SSSR count). The Morgan fingerprint density at radius 1 is 1.56 bits per heavy atom. The molecule has 90 valence electrons. The zero-order valence-corrected chi connectivity index (χ0v) is 10.1. The summed E-state index contributed by atoms with van der Waals surface area (Å²) in [6, 6.07) is 4.23.